The number of carbonyl (C=O) groups is 1. The molecule has 0 unspecified atom stereocenters. The maximum absolute atomic E-state index is 12.0. The van der Waals surface area contributed by atoms with Gasteiger partial charge in [-0.1, -0.05) is 5.16 Å². The summed E-state index contributed by atoms with van der Waals surface area (Å²) >= 11 is 0. The molecule has 0 bridgehead atoms. The molecular formula is C15H20N6O2. The van der Waals surface area contributed by atoms with Crippen molar-refractivity contribution in [1.29, 1.82) is 0 Å². The number of carbonyl (C=O) groups excluding carboxylic acids is 1. The molecule has 1 aliphatic rings. The second-order valence-corrected chi connectivity index (χ2v) is 5.57. The van der Waals surface area contributed by atoms with Gasteiger partial charge in [0.15, 0.2) is 0 Å². The summed E-state index contributed by atoms with van der Waals surface area (Å²) in [6, 6.07) is 3.59. The van der Waals surface area contributed by atoms with Crippen LogP contribution >= 0.6 is 0 Å². The van der Waals surface area contributed by atoms with Gasteiger partial charge in [-0.3, -0.25) is 14.7 Å². The third kappa shape index (κ3) is 4.11. The molecule has 122 valence electrons. The number of hydrogen-bond donors (Lipinski definition) is 1. The van der Waals surface area contributed by atoms with Crippen LogP contribution in [0, 0.1) is 0 Å². The van der Waals surface area contributed by atoms with E-state index in [1.165, 1.54) is 0 Å². The Hall–Kier alpha value is -2.32. The molecule has 2 aromatic rings. The van der Waals surface area contributed by atoms with Crippen LogP contribution in [0.1, 0.15) is 10.7 Å². The molecule has 1 saturated heterocycles. The Balaban J connectivity index is 1.48. The van der Waals surface area contributed by atoms with Crippen molar-refractivity contribution in [1.82, 2.24) is 30.2 Å². The van der Waals surface area contributed by atoms with Crippen LogP contribution in [0.25, 0.3) is 11.4 Å². The summed E-state index contributed by atoms with van der Waals surface area (Å²) in [5.74, 6) is -0.00804. The number of hydrogen-bond acceptors (Lipinski definition) is 7. The summed E-state index contributed by atoms with van der Waals surface area (Å²) in [5.41, 5.74) is 0.715. The van der Waals surface area contributed by atoms with Crippen molar-refractivity contribution in [2.75, 3.05) is 46.3 Å². The van der Waals surface area contributed by atoms with Crippen molar-refractivity contribution in [3.05, 3.63) is 30.4 Å². The minimum Gasteiger partial charge on any atom is -0.347 e. The van der Waals surface area contributed by atoms with E-state index in [0.717, 1.165) is 32.7 Å². The average molecular weight is 316 g/mol. The molecule has 1 aliphatic heterocycles. The van der Waals surface area contributed by atoms with Gasteiger partial charge in [0.2, 0.25) is 5.82 Å². The number of likely N-dealkylation sites (N-methyl/N-ethyl adjacent to an activating group) is 1. The van der Waals surface area contributed by atoms with Crippen molar-refractivity contribution < 1.29 is 9.32 Å². The predicted molar refractivity (Wildman–Crippen MR) is 83.8 cm³/mol. The van der Waals surface area contributed by atoms with Crippen molar-refractivity contribution in [2.45, 2.75) is 0 Å². The molecule has 3 heterocycles. The van der Waals surface area contributed by atoms with Crippen LogP contribution in [-0.4, -0.2) is 77.1 Å². The van der Waals surface area contributed by atoms with Crippen molar-refractivity contribution in [2.24, 2.45) is 0 Å². The first-order chi connectivity index (χ1) is 11.2. The summed E-state index contributed by atoms with van der Waals surface area (Å²) < 4.78 is 5.02. The van der Waals surface area contributed by atoms with Gasteiger partial charge in [0, 0.05) is 57.2 Å². The first kappa shape index (κ1) is 15.6. The molecule has 2 aromatic heterocycles. The van der Waals surface area contributed by atoms with E-state index in [-0.39, 0.29) is 11.8 Å². The molecule has 3 rings (SSSR count). The number of nitrogens with zero attached hydrogens (tertiary/aromatic N) is 5. The minimum absolute atomic E-state index is 0.0257. The van der Waals surface area contributed by atoms with Crippen LogP contribution in [0.2, 0.25) is 0 Å². The Morgan fingerprint density at radius 2 is 2.17 bits per heavy atom. The number of piperazine rings is 1. The highest BCUT2D eigenvalue weighted by molar-refractivity contribution is 5.89. The van der Waals surface area contributed by atoms with E-state index >= 15 is 0 Å². The van der Waals surface area contributed by atoms with Gasteiger partial charge in [-0.15, -0.1) is 0 Å². The average Bonchev–Trinajstić information content (AvgIpc) is 3.07. The summed E-state index contributed by atoms with van der Waals surface area (Å²) in [5, 5.41) is 6.63. The largest absolute Gasteiger partial charge is 0.347 e. The zero-order valence-electron chi connectivity index (χ0n) is 13.1. The minimum atomic E-state index is -0.346. The number of amides is 1. The lowest BCUT2D eigenvalue weighted by molar-refractivity contribution is 0.0897. The first-order valence-electron chi connectivity index (χ1n) is 7.65. The molecule has 0 radical (unpaired) electrons. The molecule has 0 aliphatic carbocycles. The molecule has 1 fully saturated rings. The molecular weight excluding hydrogens is 296 g/mol. The Morgan fingerprint density at radius 3 is 2.91 bits per heavy atom. The van der Waals surface area contributed by atoms with Crippen LogP contribution in [0.15, 0.2) is 29.0 Å². The fourth-order valence-electron chi connectivity index (χ4n) is 2.40. The monoisotopic (exact) mass is 316 g/mol. The molecule has 1 amide bonds. The Morgan fingerprint density at radius 1 is 1.35 bits per heavy atom. The molecule has 0 spiro atoms. The maximum atomic E-state index is 12.0. The molecule has 0 atom stereocenters. The lowest BCUT2D eigenvalue weighted by Crippen LogP contribution is -2.46. The van der Waals surface area contributed by atoms with Gasteiger partial charge < -0.3 is 14.7 Å². The highest BCUT2D eigenvalue weighted by Gasteiger charge is 2.17. The van der Waals surface area contributed by atoms with Gasteiger partial charge in [0.1, 0.15) is 0 Å². The molecule has 8 heteroatoms. The topological polar surface area (TPSA) is 87.4 Å². The van der Waals surface area contributed by atoms with E-state index in [4.69, 9.17) is 4.52 Å². The third-order valence-corrected chi connectivity index (χ3v) is 3.85. The molecule has 8 nitrogen and oxygen atoms in total. The number of nitrogens with one attached hydrogen (secondary N) is 1. The van der Waals surface area contributed by atoms with Gasteiger partial charge in [-0.2, -0.15) is 4.98 Å². The lowest BCUT2D eigenvalue weighted by atomic mass is 10.3. The molecule has 1 N–H and O–H groups in total. The number of rotatable bonds is 5. The van der Waals surface area contributed by atoms with Gasteiger partial charge >= 0.3 is 11.8 Å². The van der Waals surface area contributed by atoms with E-state index in [1.807, 2.05) is 6.07 Å². The predicted octanol–water partition coefficient (Wildman–Crippen LogP) is 0.109. The fourth-order valence-corrected chi connectivity index (χ4v) is 2.40. The molecule has 0 aromatic carbocycles. The summed E-state index contributed by atoms with van der Waals surface area (Å²) in [4.78, 5) is 24.8. The molecule has 0 saturated carbocycles. The normalized spacial score (nSPS) is 16.4. The highest BCUT2D eigenvalue weighted by atomic mass is 16.5. The Kier molecular flexibility index (Phi) is 4.94. The van der Waals surface area contributed by atoms with Crippen molar-refractivity contribution in [3.8, 4) is 11.4 Å². The summed E-state index contributed by atoms with van der Waals surface area (Å²) in [6.45, 7) is 5.56. The smallest absolute Gasteiger partial charge is 0.316 e. The van der Waals surface area contributed by atoms with Crippen molar-refractivity contribution >= 4 is 5.91 Å². The van der Waals surface area contributed by atoms with E-state index in [2.05, 4.69) is 37.3 Å². The van der Waals surface area contributed by atoms with Crippen LogP contribution in [0.3, 0.4) is 0 Å². The fraction of sp³-hybridized carbons (Fsp3) is 0.467. The lowest BCUT2D eigenvalue weighted by Gasteiger charge is -2.32. The van der Waals surface area contributed by atoms with E-state index in [1.54, 1.807) is 18.5 Å². The van der Waals surface area contributed by atoms with Crippen LogP contribution < -0.4 is 5.32 Å². The second-order valence-electron chi connectivity index (χ2n) is 5.57. The first-order valence-corrected chi connectivity index (χ1v) is 7.65. The molecule has 23 heavy (non-hydrogen) atoms. The van der Waals surface area contributed by atoms with Gasteiger partial charge in [0.25, 0.3) is 0 Å². The van der Waals surface area contributed by atoms with E-state index in [9.17, 15) is 4.79 Å². The maximum Gasteiger partial charge on any atom is 0.316 e. The second kappa shape index (κ2) is 7.30. The summed E-state index contributed by atoms with van der Waals surface area (Å²) in [6.07, 6.45) is 3.29. The summed E-state index contributed by atoms with van der Waals surface area (Å²) in [7, 11) is 2.12. The Bertz CT molecular complexity index is 636. The number of aromatic nitrogens is 3. The quantitative estimate of drug-likeness (QED) is 0.837. The van der Waals surface area contributed by atoms with Crippen LogP contribution in [0.5, 0.6) is 0 Å². The van der Waals surface area contributed by atoms with Gasteiger partial charge in [-0.05, 0) is 19.2 Å². The zero-order valence-corrected chi connectivity index (χ0v) is 13.1. The standard InChI is InChI=1S/C15H20N6O2/c1-20-7-9-21(10-8-20)6-5-17-14(22)15-18-13(19-23-15)12-3-2-4-16-11-12/h2-4,11H,5-10H2,1H3,(H,17,22). The SMILES string of the molecule is CN1CCN(CCNC(=O)c2nc(-c3cccnc3)no2)CC1. The van der Waals surface area contributed by atoms with Crippen LogP contribution in [0.4, 0.5) is 0 Å². The van der Waals surface area contributed by atoms with E-state index < -0.39 is 0 Å². The van der Waals surface area contributed by atoms with E-state index in [0.29, 0.717) is 17.9 Å². The Labute approximate surface area is 134 Å². The van der Waals surface area contributed by atoms with Crippen molar-refractivity contribution in [3.63, 3.8) is 0 Å². The zero-order chi connectivity index (χ0) is 16.1. The van der Waals surface area contributed by atoms with Gasteiger partial charge in [-0.25, -0.2) is 0 Å². The highest BCUT2D eigenvalue weighted by Crippen LogP contribution is 2.13. The van der Waals surface area contributed by atoms with Gasteiger partial charge in [0.05, 0.1) is 0 Å². The van der Waals surface area contributed by atoms with Crippen LogP contribution in [-0.2, 0) is 0 Å². The third-order valence-electron chi connectivity index (χ3n) is 3.85. The number of pyridine rings is 1.